The molecule has 1 aromatic carbocycles. The molecule has 2 amide bonds. The van der Waals surface area contributed by atoms with E-state index in [0.717, 1.165) is 18.4 Å². The summed E-state index contributed by atoms with van der Waals surface area (Å²) in [5.74, 6) is -0.277. The molecule has 5 heteroatoms. The Bertz CT molecular complexity index is 566. The highest BCUT2D eigenvalue weighted by molar-refractivity contribution is 6.15. The number of hydrogen-bond acceptors (Lipinski definition) is 3. The number of rotatable bonds is 2. The number of anilines is 1. The topological polar surface area (TPSA) is 67.4 Å². The predicted molar refractivity (Wildman–Crippen MR) is 70.0 cm³/mol. The van der Waals surface area contributed by atoms with Crippen LogP contribution >= 0.6 is 0 Å². The van der Waals surface area contributed by atoms with Crippen LogP contribution in [0.3, 0.4) is 0 Å². The first-order chi connectivity index (χ1) is 8.99. The predicted octanol–water partition coefficient (Wildman–Crippen LogP) is 1.36. The maximum Gasteiger partial charge on any atom is 0.278 e. The first-order valence-electron chi connectivity index (χ1n) is 6.41. The van der Waals surface area contributed by atoms with Crippen molar-refractivity contribution >= 4 is 17.5 Å². The van der Waals surface area contributed by atoms with Crippen LogP contribution in [0.4, 0.5) is 5.69 Å². The van der Waals surface area contributed by atoms with E-state index in [-0.39, 0.29) is 11.9 Å². The lowest BCUT2D eigenvalue weighted by atomic mass is 10.0. The van der Waals surface area contributed by atoms with Gasteiger partial charge in [-0.25, -0.2) is 0 Å². The Morgan fingerprint density at radius 1 is 1.47 bits per heavy atom. The van der Waals surface area contributed by atoms with Crippen LogP contribution in [-0.4, -0.2) is 23.5 Å². The molecule has 0 saturated heterocycles. The number of aryl methyl sites for hydroxylation is 1. The van der Waals surface area contributed by atoms with E-state index in [1.165, 1.54) is 6.92 Å². The molecule has 1 aliphatic heterocycles. The van der Waals surface area contributed by atoms with Gasteiger partial charge in [0.1, 0.15) is 5.75 Å². The Hall–Kier alpha value is -2.04. The zero-order valence-electron chi connectivity index (χ0n) is 10.9. The van der Waals surface area contributed by atoms with Gasteiger partial charge >= 0.3 is 0 Å². The first kappa shape index (κ1) is 12.0. The molecule has 1 saturated carbocycles. The van der Waals surface area contributed by atoms with Gasteiger partial charge in [0, 0.05) is 6.04 Å². The van der Waals surface area contributed by atoms with Gasteiger partial charge in [-0.15, -0.1) is 0 Å². The van der Waals surface area contributed by atoms with Crippen LogP contribution in [0.25, 0.3) is 0 Å². The molecule has 1 heterocycles. The molecule has 0 radical (unpaired) electrons. The molecule has 1 aliphatic carbocycles. The van der Waals surface area contributed by atoms with Crippen molar-refractivity contribution in [1.29, 1.82) is 0 Å². The summed E-state index contributed by atoms with van der Waals surface area (Å²) in [5, 5.41) is 5.55. The smallest absolute Gasteiger partial charge is 0.278 e. The van der Waals surface area contributed by atoms with Gasteiger partial charge in [-0.3, -0.25) is 9.59 Å². The monoisotopic (exact) mass is 260 g/mol. The number of carbonyl (C=O) groups is 2. The molecule has 0 aromatic heterocycles. The minimum Gasteiger partial charge on any atom is -0.466 e. The molecule has 1 fully saturated rings. The van der Waals surface area contributed by atoms with Crippen molar-refractivity contribution in [3.8, 4) is 5.75 Å². The van der Waals surface area contributed by atoms with Crippen molar-refractivity contribution < 1.29 is 14.3 Å². The van der Waals surface area contributed by atoms with E-state index >= 15 is 0 Å². The molecule has 2 aliphatic rings. The molecular formula is C14H16N2O3. The Morgan fingerprint density at radius 2 is 2.21 bits per heavy atom. The zero-order valence-corrected chi connectivity index (χ0v) is 10.9. The Kier molecular flexibility index (Phi) is 2.52. The van der Waals surface area contributed by atoms with Gasteiger partial charge in [0.15, 0.2) is 0 Å². The number of benzene rings is 1. The third-order valence-corrected chi connectivity index (χ3v) is 3.48. The summed E-state index contributed by atoms with van der Waals surface area (Å²) in [7, 11) is 0. The van der Waals surface area contributed by atoms with Crippen LogP contribution in [0.1, 0.15) is 25.3 Å². The summed E-state index contributed by atoms with van der Waals surface area (Å²) >= 11 is 0. The standard InChI is InChI=1S/C14H16N2O3/c1-8-3-6-11-10(7-8)16-13(18)14(2,19-11)12(17)15-9-4-5-9/h3,6-7,9H,4-5H2,1-2H3,(H,15,17)(H,16,18)/t14-/m1/s1. The van der Waals surface area contributed by atoms with Crippen LogP contribution in [0, 0.1) is 6.92 Å². The van der Waals surface area contributed by atoms with E-state index in [1.807, 2.05) is 19.1 Å². The fourth-order valence-electron chi connectivity index (χ4n) is 2.04. The van der Waals surface area contributed by atoms with Crippen LogP contribution in [0.5, 0.6) is 5.75 Å². The van der Waals surface area contributed by atoms with Gasteiger partial charge in [-0.1, -0.05) is 6.07 Å². The Balaban J connectivity index is 1.89. The van der Waals surface area contributed by atoms with E-state index in [9.17, 15) is 9.59 Å². The number of hydrogen-bond donors (Lipinski definition) is 2. The van der Waals surface area contributed by atoms with E-state index in [4.69, 9.17) is 4.74 Å². The lowest BCUT2D eigenvalue weighted by Crippen LogP contribution is -2.59. The Labute approximate surface area is 111 Å². The first-order valence-corrected chi connectivity index (χ1v) is 6.41. The molecule has 100 valence electrons. The van der Waals surface area contributed by atoms with Crippen LogP contribution < -0.4 is 15.4 Å². The van der Waals surface area contributed by atoms with Crippen molar-refractivity contribution in [1.82, 2.24) is 5.32 Å². The quantitative estimate of drug-likeness (QED) is 0.789. The summed E-state index contributed by atoms with van der Waals surface area (Å²) in [6, 6.07) is 5.67. The van der Waals surface area contributed by atoms with Crippen LogP contribution in [-0.2, 0) is 9.59 Å². The summed E-state index contributed by atoms with van der Waals surface area (Å²) in [6.45, 7) is 3.43. The molecule has 5 nitrogen and oxygen atoms in total. The Morgan fingerprint density at radius 3 is 2.89 bits per heavy atom. The fourth-order valence-corrected chi connectivity index (χ4v) is 2.04. The van der Waals surface area contributed by atoms with Gasteiger partial charge in [-0.05, 0) is 44.4 Å². The summed E-state index contributed by atoms with van der Waals surface area (Å²) < 4.78 is 5.65. The van der Waals surface area contributed by atoms with Crippen molar-refractivity contribution in [2.24, 2.45) is 0 Å². The normalized spacial score (nSPS) is 25.1. The molecule has 0 unspecified atom stereocenters. The molecule has 1 atom stereocenters. The van der Waals surface area contributed by atoms with E-state index in [2.05, 4.69) is 10.6 Å². The molecule has 19 heavy (non-hydrogen) atoms. The second-order valence-electron chi connectivity index (χ2n) is 5.34. The van der Waals surface area contributed by atoms with Crippen LogP contribution in [0.2, 0.25) is 0 Å². The van der Waals surface area contributed by atoms with Gasteiger partial charge in [0.2, 0.25) is 0 Å². The van der Waals surface area contributed by atoms with Crippen molar-refractivity contribution in [3.05, 3.63) is 23.8 Å². The molecule has 0 bridgehead atoms. The highest BCUT2D eigenvalue weighted by Crippen LogP contribution is 2.34. The van der Waals surface area contributed by atoms with E-state index in [0.29, 0.717) is 11.4 Å². The van der Waals surface area contributed by atoms with Gasteiger partial charge in [0.25, 0.3) is 17.4 Å². The average Bonchev–Trinajstić information content (AvgIpc) is 3.15. The largest absolute Gasteiger partial charge is 0.466 e. The lowest BCUT2D eigenvalue weighted by molar-refractivity contribution is -0.146. The molecule has 0 spiro atoms. The number of amides is 2. The fraction of sp³-hybridized carbons (Fsp3) is 0.429. The lowest BCUT2D eigenvalue weighted by Gasteiger charge is -2.33. The minimum absolute atomic E-state index is 0.195. The third kappa shape index (κ3) is 2.05. The number of ether oxygens (including phenoxy) is 1. The van der Waals surface area contributed by atoms with Crippen molar-refractivity contribution in [3.63, 3.8) is 0 Å². The zero-order chi connectivity index (χ0) is 13.6. The molecular weight excluding hydrogens is 244 g/mol. The van der Waals surface area contributed by atoms with E-state index in [1.54, 1.807) is 6.07 Å². The number of carbonyl (C=O) groups excluding carboxylic acids is 2. The van der Waals surface area contributed by atoms with Crippen molar-refractivity contribution in [2.75, 3.05) is 5.32 Å². The highest BCUT2D eigenvalue weighted by Gasteiger charge is 2.48. The van der Waals surface area contributed by atoms with Gasteiger partial charge in [0.05, 0.1) is 5.69 Å². The van der Waals surface area contributed by atoms with Gasteiger partial charge < -0.3 is 15.4 Å². The average molecular weight is 260 g/mol. The second-order valence-corrected chi connectivity index (χ2v) is 5.34. The molecule has 3 rings (SSSR count). The highest BCUT2D eigenvalue weighted by atomic mass is 16.5. The molecule has 2 N–H and O–H groups in total. The van der Waals surface area contributed by atoms with Crippen molar-refractivity contribution in [2.45, 2.75) is 38.3 Å². The van der Waals surface area contributed by atoms with Gasteiger partial charge in [-0.2, -0.15) is 0 Å². The van der Waals surface area contributed by atoms with E-state index < -0.39 is 11.5 Å². The summed E-state index contributed by atoms with van der Waals surface area (Å²) in [5.41, 5.74) is 0.139. The maximum atomic E-state index is 12.2. The third-order valence-electron chi connectivity index (χ3n) is 3.48. The maximum absolute atomic E-state index is 12.2. The number of nitrogens with one attached hydrogen (secondary N) is 2. The SMILES string of the molecule is Cc1ccc2c(c1)NC(=O)[C@@](C)(C(=O)NC1CC1)O2. The molecule has 1 aromatic rings. The summed E-state index contributed by atoms with van der Waals surface area (Å²) in [6.07, 6.45) is 1.94. The second kappa shape index (κ2) is 3.98. The minimum atomic E-state index is -1.50. The summed E-state index contributed by atoms with van der Waals surface area (Å²) in [4.78, 5) is 24.3. The number of fused-ring (bicyclic) bond motifs is 1. The van der Waals surface area contributed by atoms with Crippen LogP contribution in [0.15, 0.2) is 18.2 Å².